The smallest absolute Gasteiger partial charge is 0.261 e. The van der Waals surface area contributed by atoms with E-state index in [4.69, 9.17) is 27.9 Å². The van der Waals surface area contributed by atoms with Crippen molar-refractivity contribution in [1.29, 1.82) is 0 Å². The van der Waals surface area contributed by atoms with Gasteiger partial charge in [-0.2, -0.15) is 0 Å². The molecule has 5 aliphatic rings. The summed E-state index contributed by atoms with van der Waals surface area (Å²) in [5.74, 6) is 0.330. The topological polar surface area (TPSA) is 78.9 Å². The van der Waals surface area contributed by atoms with Gasteiger partial charge in [-0.05, 0) is 61.6 Å². The fourth-order valence-corrected chi connectivity index (χ4v) is 6.54. The van der Waals surface area contributed by atoms with Crippen molar-refractivity contribution in [3.8, 4) is 5.75 Å². The van der Waals surface area contributed by atoms with Crippen molar-refractivity contribution < 1.29 is 19.4 Å². The third kappa shape index (κ3) is 3.34. The van der Waals surface area contributed by atoms with Crippen molar-refractivity contribution in [3.05, 3.63) is 63.6 Å². The molecular weight excluding hydrogens is 463 g/mol. The Morgan fingerprint density at radius 2 is 1.79 bits per heavy atom. The van der Waals surface area contributed by atoms with Crippen LogP contribution in [0.2, 0.25) is 10.0 Å². The number of nitrogens with zero attached hydrogens (tertiary/aromatic N) is 1. The zero-order chi connectivity index (χ0) is 23.0. The summed E-state index contributed by atoms with van der Waals surface area (Å²) in [5.41, 5.74) is 1.21. The summed E-state index contributed by atoms with van der Waals surface area (Å²) in [5, 5.41) is 14.8. The third-order valence-corrected chi connectivity index (χ3v) is 8.26. The molecule has 2 aromatic carbocycles. The van der Waals surface area contributed by atoms with Crippen molar-refractivity contribution in [2.75, 3.05) is 6.54 Å². The highest BCUT2D eigenvalue weighted by Gasteiger charge is 2.72. The highest BCUT2D eigenvalue weighted by molar-refractivity contribution is 6.30. The molecule has 0 spiro atoms. The van der Waals surface area contributed by atoms with Crippen molar-refractivity contribution in [1.82, 2.24) is 10.2 Å². The molecule has 0 aromatic heterocycles. The number of benzene rings is 2. The Bertz CT molecular complexity index is 1130. The molecule has 8 heteroatoms. The summed E-state index contributed by atoms with van der Waals surface area (Å²) < 4.78 is 5.86. The number of carbonyl (C=O) groups is 2. The van der Waals surface area contributed by atoms with E-state index in [1.165, 1.54) is 0 Å². The molecule has 3 saturated carbocycles. The number of ether oxygens (including phenoxy) is 1. The molecule has 2 heterocycles. The van der Waals surface area contributed by atoms with E-state index < -0.39 is 12.2 Å². The lowest BCUT2D eigenvalue weighted by molar-refractivity contribution is -0.188. The lowest BCUT2D eigenvalue weighted by atomic mass is 9.43. The van der Waals surface area contributed by atoms with Gasteiger partial charge in [-0.25, -0.2) is 0 Å². The standard InChI is InChI=1S/C25H24Cl2N2O4/c26-15-3-1-14(2-4-15)17-7-8-29(23(17)32)25-11-24(12-25,13-25)28-22(31)21-10-19(30)18-9-16(27)5-6-20(18)33-21/h1-6,9,17,19,21,30H,7-8,10-13H2,(H,28,31)/t17-,19-,21-,24?,25?/m1/s1. The van der Waals surface area contributed by atoms with Crippen LogP contribution in [0.3, 0.4) is 0 Å². The second-order valence-electron chi connectivity index (χ2n) is 9.95. The molecule has 0 radical (unpaired) electrons. The normalized spacial score (nSPS) is 34.1. The number of rotatable bonds is 4. The van der Waals surface area contributed by atoms with E-state index in [9.17, 15) is 14.7 Å². The fourth-order valence-electron chi connectivity index (χ4n) is 6.23. The van der Waals surface area contributed by atoms with E-state index in [-0.39, 0.29) is 35.2 Å². The highest BCUT2D eigenvalue weighted by atomic mass is 35.5. The van der Waals surface area contributed by atoms with Gasteiger partial charge in [0.15, 0.2) is 6.10 Å². The average Bonchev–Trinajstić information content (AvgIpc) is 3.11. The second kappa shape index (κ2) is 7.36. The molecule has 2 aliphatic heterocycles. The van der Waals surface area contributed by atoms with Gasteiger partial charge in [-0.3, -0.25) is 9.59 Å². The SMILES string of the molecule is O=C(NC12CC(N3CC[C@H](c4ccc(Cl)cc4)C3=O)(C1)C2)[C@H]1C[C@@H](O)c2cc(Cl)ccc2O1. The van der Waals surface area contributed by atoms with Crippen LogP contribution in [0.4, 0.5) is 0 Å². The molecule has 2 amide bonds. The van der Waals surface area contributed by atoms with Gasteiger partial charge in [0.1, 0.15) is 5.75 Å². The first kappa shape index (κ1) is 21.3. The molecule has 2 aromatic rings. The maximum absolute atomic E-state index is 13.2. The Kier molecular flexibility index (Phi) is 4.74. The third-order valence-electron chi connectivity index (χ3n) is 7.77. The van der Waals surface area contributed by atoms with E-state index in [1.807, 2.05) is 29.2 Å². The summed E-state index contributed by atoms with van der Waals surface area (Å²) in [6.07, 6.45) is 1.76. The number of aliphatic hydroxyl groups is 1. The first-order chi connectivity index (χ1) is 15.8. The largest absolute Gasteiger partial charge is 0.480 e. The molecule has 4 fully saturated rings. The average molecular weight is 487 g/mol. The van der Waals surface area contributed by atoms with Crippen molar-refractivity contribution in [3.63, 3.8) is 0 Å². The number of fused-ring (bicyclic) bond motifs is 1. The predicted octanol–water partition coefficient (Wildman–Crippen LogP) is 3.99. The Balaban J connectivity index is 1.08. The van der Waals surface area contributed by atoms with Crippen LogP contribution in [0.15, 0.2) is 42.5 Å². The predicted molar refractivity (Wildman–Crippen MR) is 123 cm³/mol. The van der Waals surface area contributed by atoms with Crippen LogP contribution >= 0.6 is 23.2 Å². The summed E-state index contributed by atoms with van der Waals surface area (Å²) in [6, 6.07) is 12.6. The van der Waals surface area contributed by atoms with Gasteiger partial charge >= 0.3 is 0 Å². The molecule has 2 bridgehead atoms. The van der Waals surface area contributed by atoms with Crippen molar-refractivity contribution >= 4 is 35.0 Å². The molecule has 6 nitrogen and oxygen atoms in total. The zero-order valence-corrected chi connectivity index (χ0v) is 19.4. The van der Waals surface area contributed by atoms with Crippen LogP contribution in [0.5, 0.6) is 5.75 Å². The second-order valence-corrected chi connectivity index (χ2v) is 10.8. The van der Waals surface area contributed by atoms with Crippen molar-refractivity contribution in [2.24, 2.45) is 0 Å². The van der Waals surface area contributed by atoms with Crippen LogP contribution < -0.4 is 10.1 Å². The molecule has 172 valence electrons. The maximum Gasteiger partial charge on any atom is 0.261 e. The molecule has 3 aliphatic carbocycles. The van der Waals surface area contributed by atoms with Crippen LogP contribution in [0.25, 0.3) is 0 Å². The number of hydrogen-bond donors (Lipinski definition) is 2. The monoisotopic (exact) mass is 486 g/mol. The number of nitrogens with one attached hydrogen (secondary N) is 1. The molecule has 3 atom stereocenters. The van der Waals surface area contributed by atoms with E-state index >= 15 is 0 Å². The van der Waals surface area contributed by atoms with E-state index in [0.717, 1.165) is 37.8 Å². The molecule has 0 unspecified atom stereocenters. The summed E-state index contributed by atoms with van der Waals surface area (Å²) in [7, 11) is 0. The number of hydrogen-bond acceptors (Lipinski definition) is 4. The summed E-state index contributed by atoms with van der Waals surface area (Å²) >= 11 is 12.0. The van der Waals surface area contributed by atoms with Gasteiger partial charge in [-0.1, -0.05) is 35.3 Å². The molecular formula is C25H24Cl2N2O4. The molecule has 7 rings (SSSR count). The first-order valence-electron chi connectivity index (χ1n) is 11.3. The van der Waals surface area contributed by atoms with Gasteiger partial charge in [-0.15, -0.1) is 0 Å². The van der Waals surface area contributed by atoms with Crippen molar-refractivity contribution in [2.45, 2.75) is 61.3 Å². The van der Waals surface area contributed by atoms with Crippen LogP contribution in [-0.2, 0) is 9.59 Å². The van der Waals surface area contributed by atoms with Crippen LogP contribution in [0.1, 0.15) is 55.3 Å². The van der Waals surface area contributed by atoms with Crippen LogP contribution in [0, 0.1) is 0 Å². The number of amides is 2. The summed E-state index contributed by atoms with van der Waals surface area (Å²) in [6.45, 7) is 0.743. The van der Waals surface area contributed by atoms with E-state index in [1.54, 1.807) is 18.2 Å². The molecule has 1 saturated heterocycles. The Hall–Kier alpha value is -2.28. The minimum Gasteiger partial charge on any atom is -0.480 e. The van der Waals surface area contributed by atoms with Crippen LogP contribution in [-0.4, -0.2) is 45.5 Å². The van der Waals surface area contributed by atoms with E-state index in [2.05, 4.69) is 5.32 Å². The van der Waals surface area contributed by atoms with Gasteiger partial charge in [0.25, 0.3) is 5.91 Å². The number of aliphatic hydroxyl groups excluding tert-OH is 1. The zero-order valence-electron chi connectivity index (χ0n) is 17.9. The van der Waals surface area contributed by atoms with Gasteiger partial charge < -0.3 is 20.1 Å². The minimum atomic E-state index is -0.797. The summed E-state index contributed by atoms with van der Waals surface area (Å²) in [4.78, 5) is 28.1. The fraction of sp³-hybridized carbons (Fsp3) is 0.440. The number of carbonyl (C=O) groups excluding carboxylic acids is 2. The Morgan fingerprint density at radius 3 is 2.52 bits per heavy atom. The Morgan fingerprint density at radius 1 is 1.09 bits per heavy atom. The quantitative estimate of drug-likeness (QED) is 0.684. The Labute approximate surface area is 201 Å². The van der Waals surface area contributed by atoms with Gasteiger partial charge in [0.05, 0.1) is 12.0 Å². The number of likely N-dealkylation sites (tertiary alicyclic amines) is 1. The highest BCUT2D eigenvalue weighted by Crippen LogP contribution is 2.64. The first-order valence-corrected chi connectivity index (χ1v) is 12.1. The molecule has 2 N–H and O–H groups in total. The minimum absolute atomic E-state index is 0.118. The maximum atomic E-state index is 13.2. The lowest BCUT2D eigenvalue weighted by Gasteiger charge is -2.73. The lowest BCUT2D eigenvalue weighted by Crippen LogP contribution is -2.84. The molecule has 33 heavy (non-hydrogen) atoms. The van der Waals surface area contributed by atoms with Gasteiger partial charge in [0.2, 0.25) is 5.91 Å². The van der Waals surface area contributed by atoms with E-state index in [0.29, 0.717) is 21.4 Å². The number of halogens is 2. The van der Waals surface area contributed by atoms with Gasteiger partial charge in [0, 0.05) is 39.7 Å².